The molecular weight excluding hydrogens is 259 g/mol. The molecular formula is C15H15FN2O2. The highest BCUT2D eigenvalue weighted by molar-refractivity contribution is 5.95. The number of hydrogen-bond acceptors (Lipinski definition) is 4. The lowest BCUT2D eigenvalue weighted by Crippen LogP contribution is -2.12. The van der Waals surface area contributed by atoms with Crippen molar-refractivity contribution in [2.75, 3.05) is 12.4 Å². The maximum atomic E-state index is 12.9. The largest absolute Gasteiger partial charge is 0.465 e. The standard InChI is InChI=1S/C15H15FN2O2/c1-10(11-3-5-12(16)6-4-11)18-14-9-17-8-7-13(14)15(19)20-2/h3-10,18H,1-2H3/t10-/m1/s1. The number of ether oxygens (including phenoxy) is 1. The minimum atomic E-state index is -0.429. The zero-order chi connectivity index (χ0) is 14.5. The predicted octanol–water partition coefficient (Wildman–Crippen LogP) is 3.18. The van der Waals surface area contributed by atoms with E-state index < -0.39 is 5.97 Å². The molecule has 1 N–H and O–H groups in total. The van der Waals surface area contributed by atoms with Gasteiger partial charge in [0.25, 0.3) is 0 Å². The summed E-state index contributed by atoms with van der Waals surface area (Å²) in [4.78, 5) is 15.6. The van der Waals surface area contributed by atoms with Gasteiger partial charge in [0, 0.05) is 12.2 Å². The summed E-state index contributed by atoms with van der Waals surface area (Å²) in [7, 11) is 1.33. The topological polar surface area (TPSA) is 51.2 Å². The van der Waals surface area contributed by atoms with Crippen LogP contribution in [0.15, 0.2) is 42.7 Å². The van der Waals surface area contributed by atoms with E-state index in [0.29, 0.717) is 11.3 Å². The minimum absolute atomic E-state index is 0.0943. The lowest BCUT2D eigenvalue weighted by Gasteiger charge is -2.17. The third kappa shape index (κ3) is 3.12. The molecule has 20 heavy (non-hydrogen) atoms. The number of benzene rings is 1. The second-order valence-corrected chi connectivity index (χ2v) is 4.33. The third-order valence-electron chi connectivity index (χ3n) is 2.97. The number of nitrogens with one attached hydrogen (secondary N) is 1. The normalized spacial score (nSPS) is 11.8. The van der Waals surface area contributed by atoms with Crippen molar-refractivity contribution in [3.8, 4) is 0 Å². The quantitative estimate of drug-likeness (QED) is 0.870. The van der Waals surface area contributed by atoms with Crippen LogP contribution >= 0.6 is 0 Å². The summed E-state index contributed by atoms with van der Waals surface area (Å²) in [5.41, 5.74) is 1.90. The summed E-state index contributed by atoms with van der Waals surface area (Å²) in [6.07, 6.45) is 3.09. The molecule has 0 aliphatic rings. The van der Waals surface area contributed by atoms with Crippen molar-refractivity contribution in [2.24, 2.45) is 0 Å². The van der Waals surface area contributed by atoms with Crippen LogP contribution in [0.3, 0.4) is 0 Å². The van der Waals surface area contributed by atoms with Gasteiger partial charge >= 0.3 is 5.97 Å². The highest BCUT2D eigenvalue weighted by atomic mass is 19.1. The summed E-state index contributed by atoms with van der Waals surface area (Å²) in [6.45, 7) is 1.92. The minimum Gasteiger partial charge on any atom is -0.465 e. The first-order chi connectivity index (χ1) is 9.61. The average Bonchev–Trinajstić information content (AvgIpc) is 2.47. The van der Waals surface area contributed by atoms with Crippen LogP contribution in [0.5, 0.6) is 0 Å². The van der Waals surface area contributed by atoms with E-state index in [4.69, 9.17) is 4.74 Å². The number of pyridine rings is 1. The molecule has 104 valence electrons. The molecule has 0 aliphatic heterocycles. The number of halogens is 1. The molecule has 1 atom stereocenters. The van der Waals surface area contributed by atoms with Crippen molar-refractivity contribution in [3.05, 3.63) is 59.7 Å². The molecule has 0 bridgehead atoms. The Labute approximate surface area is 116 Å². The molecule has 0 saturated carbocycles. The molecule has 4 nitrogen and oxygen atoms in total. The highest BCUT2D eigenvalue weighted by Crippen LogP contribution is 2.22. The molecule has 0 fully saturated rings. The monoisotopic (exact) mass is 274 g/mol. The van der Waals surface area contributed by atoms with E-state index in [1.54, 1.807) is 24.4 Å². The van der Waals surface area contributed by atoms with E-state index in [1.165, 1.54) is 25.4 Å². The number of methoxy groups -OCH3 is 1. The summed E-state index contributed by atoms with van der Waals surface area (Å²) >= 11 is 0. The Morgan fingerprint density at radius 3 is 2.65 bits per heavy atom. The van der Waals surface area contributed by atoms with Gasteiger partial charge in [0.05, 0.1) is 24.6 Å². The van der Waals surface area contributed by atoms with Crippen molar-refractivity contribution < 1.29 is 13.9 Å². The van der Waals surface area contributed by atoms with Crippen LogP contribution in [-0.2, 0) is 4.74 Å². The molecule has 0 saturated heterocycles. The van der Waals surface area contributed by atoms with Crippen LogP contribution in [0.25, 0.3) is 0 Å². The smallest absolute Gasteiger partial charge is 0.340 e. The van der Waals surface area contributed by atoms with E-state index in [9.17, 15) is 9.18 Å². The van der Waals surface area contributed by atoms with E-state index in [2.05, 4.69) is 10.3 Å². The maximum Gasteiger partial charge on any atom is 0.340 e. The summed E-state index contributed by atoms with van der Waals surface area (Å²) in [5, 5.41) is 3.18. The molecule has 0 amide bonds. The molecule has 0 radical (unpaired) electrons. The molecule has 0 aliphatic carbocycles. The van der Waals surface area contributed by atoms with Gasteiger partial charge in [-0.05, 0) is 30.7 Å². The lowest BCUT2D eigenvalue weighted by atomic mass is 10.1. The van der Waals surface area contributed by atoms with Crippen LogP contribution < -0.4 is 5.32 Å². The number of nitrogens with zero attached hydrogens (tertiary/aromatic N) is 1. The molecule has 5 heteroatoms. The number of esters is 1. The van der Waals surface area contributed by atoms with Crippen molar-refractivity contribution in [1.29, 1.82) is 0 Å². The van der Waals surface area contributed by atoms with Gasteiger partial charge in [0.2, 0.25) is 0 Å². The fourth-order valence-electron chi connectivity index (χ4n) is 1.87. The summed E-state index contributed by atoms with van der Waals surface area (Å²) < 4.78 is 17.6. The van der Waals surface area contributed by atoms with Crippen molar-refractivity contribution >= 4 is 11.7 Å². The van der Waals surface area contributed by atoms with Crippen LogP contribution in [0.4, 0.5) is 10.1 Å². The van der Waals surface area contributed by atoms with E-state index in [1.807, 2.05) is 6.92 Å². The molecule has 2 aromatic rings. The Hall–Kier alpha value is -2.43. The fraction of sp³-hybridized carbons (Fsp3) is 0.200. The summed E-state index contributed by atoms with van der Waals surface area (Å²) in [6, 6.07) is 7.69. The van der Waals surface area contributed by atoms with Gasteiger partial charge in [-0.1, -0.05) is 12.1 Å². The van der Waals surface area contributed by atoms with E-state index in [-0.39, 0.29) is 11.9 Å². The van der Waals surface area contributed by atoms with Gasteiger partial charge in [-0.25, -0.2) is 9.18 Å². The highest BCUT2D eigenvalue weighted by Gasteiger charge is 2.14. The first-order valence-corrected chi connectivity index (χ1v) is 6.16. The zero-order valence-corrected chi connectivity index (χ0v) is 11.3. The van der Waals surface area contributed by atoms with Crippen LogP contribution in [0.1, 0.15) is 28.9 Å². The predicted molar refractivity (Wildman–Crippen MR) is 74.0 cm³/mol. The Balaban J connectivity index is 2.21. The Kier molecular flexibility index (Phi) is 4.30. The van der Waals surface area contributed by atoms with Gasteiger partial charge in [-0.3, -0.25) is 4.98 Å². The first kappa shape index (κ1) is 14.0. The van der Waals surface area contributed by atoms with Gasteiger partial charge in [0.1, 0.15) is 5.82 Å². The number of anilines is 1. The molecule has 0 spiro atoms. The molecule has 0 unspecified atom stereocenters. The molecule has 2 rings (SSSR count). The lowest BCUT2D eigenvalue weighted by molar-refractivity contribution is 0.0601. The SMILES string of the molecule is COC(=O)c1ccncc1N[C@H](C)c1ccc(F)cc1. The molecule has 1 heterocycles. The Morgan fingerprint density at radius 2 is 2.00 bits per heavy atom. The second-order valence-electron chi connectivity index (χ2n) is 4.33. The molecule has 1 aromatic carbocycles. The number of aromatic nitrogens is 1. The van der Waals surface area contributed by atoms with Crippen molar-refractivity contribution in [2.45, 2.75) is 13.0 Å². The van der Waals surface area contributed by atoms with E-state index in [0.717, 1.165) is 5.56 Å². The van der Waals surface area contributed by atoms with Gasteiger partial charge in [-0.2, -0.15) is 0 Å². The van der Waals surface area contributed by atoms with Crippen LogP contribution in [0, 0.1) is 5.82 Å². The number of rotatable bonds is 4. The van der Waals surface area contributed by atoms with Crippen molar-refractivity contribution in [1.82, 2.24) is 4.98 Å². The van der Waals surface area contributed by atoms with Gasteiger partial charge in [0.15, 0.2) is 0 Å². The van der Waals surface area contributed by atoms with Gasteiger partial charge in [-0.15, -0.1) is 0 Å². The molecule has 1 aromatic heterocycles. The number of carbonyl (C=O) groups is 1. The van der Waals surface area contributed by atoms with Crippen LogP contribution in [-0.4, -0.2) is 18.1 Å². The summed E-state index contributed by atoms with van der Waals surface area (Å²) in [5.74, 6) is -0.709. The average molecular weight is 274 g/mol. The Morgan fingerprint density at radius 1 is 1.30 bits per heavy atom. The second kappa shape index (κ2) is 6.14. The fourth-order valence-corrected chi connectivity index (χ4v) is 1.87. The Bertz CT molecular complexity index is 599. The van der Waals surface area contributed by atoms with E-state index >= 15 is 0 Å². The third-order valence-corrected chi connectivity index (χ3v) is 2.97. The van der Waals surface area contributed by atoms with Crippen molar-refractivity contribution in [3.63, 3.8) is 0 Å². The van der Waals surface area contributed by atoms with Crippen LogP contribution in [0.2, 0.25) is 0 Å². The maximum absolute atomic E-state index is 12.9. The van der Waals surface area contributed by atoms with Gasteiger partial charge < -0.3 is 10.1 Å². The number of hydrogen-bond donors (Lipinski definition) is 1. The number of carbonyl (C=O) groups excluding carboxylic acids is 1. The first-order valence-electron chi connectivity index (χ1n) is 6.16. The zero-order valence-electron chi connectivity index (χ0n) is 11.3.